The van der Waals surface area contributed by atoms with Crippen LogP contribution in [0.2, 0.25) is 0 Å². The summed E-state index contributed by atoms with van der Waals surface area (Å²) in [5.41, 5.74) is 7.03. The molecule has 0 spiro atoms. The first-order valence-electron chi connectivity index (χ1n) is 12.0. The van der Waals surface area contributed by atoms with Gasteiger partial charge in [0.1, 0.15) is 16.9 Å². The van der Waals surface area contributed by atoms with Crippen molar-refractivity contribution in [1.82, 2.24) is 9.55 Å². The third-order valence-corrected chi connectivity index (χ3v) is 9.55. The molecule has 1 aromatic carbocycles. The summed E-state index contributed by atoms with van der Waals surface area (Å²) in [5.74, 6) is 1.27. The number of nitrogens with two attached hydrogens (primary N) is 1. The zero-order chi connectivity index (χ0) is 24.7. The zero-order valence-electron chi connectivity index (χ0n) is 19.8. The second-order valence-corrected chi connectivity index (χ2v) is 12.9. The molecule has 184 valence electrons. The number of fused-ring (bicyclic) bond motifs is 1. The molecule has 2 atom stereocenters. The molecular formula is C26H29N3O5S. The van der Waals surface area contributed by atoms with E-state index in [1.807, 2.05) is 6.07 Å². The van der Waals surface area contributed by atoms with Crippen molar-refractivity contribution in [2.75, 3.05) is 6.26 Å². The number of benzene rings is 1. The number of hydrogen-bond donors (Lipinski definition) is 2. The summed E-state index contributed by atoms with van der Waals surface area (Å²) >= 11 is 0. The minimum atomic E-state index is -3.46. The molecule has 0 aliphatic heterocycles. The second-order valence-electron chi connectivity index (χ2n) is 10.8. The molecule has 0 saturated heterocycles. The van der Waals surface area contributed by atoms with Gasteiger partial charge in [-0.15, -0.1) is 0 Å². The maximum Gasteiger partial charge on any atom is 0.274 e. The Hall–Kier alpha value is -3.07. The molecule has 4 aliphatic carbocycles. The lowest BCUT2D eigenvalue weighted by Gasteiger charge is -2.58. The first kappa shape index (κ1) is 22.4. The maximum absolute atomic E-state index is 12.6. The number of pyridine rings is 1. The van der Waals surface area contributed by atoms with Crippen LogP contribution in [0, 0.1) is 23.7 Å². The Morgan fingerprint density at radius 1 is 1.14 bits per heavy atom. The Labute approximate surface area is 203 Å². The number of nitrogens with zero attached hydrogens (tertiary/aromatic N) is 1. The number of aryl methyl sites for hydroxylation is 1. The maximum atomic E-state index is 12.6. The number of ether oxygens (including phenoxy) is 1. The number of primary amides is 1. The van der Waals surface area contributed by atoms with Crippen molar-refractivity contribution < 1.29 is 17.9 Å². The van der Waals surface area contributed by atoms with E-state index in [2.05, 4.69) is 4.98 Å². The molecule has 9 heteroatoms. The number of carbonyl (C=O) groups is 1. The fraction of sp³-hybridized carbons (Fsp3) is 0.462. The number of carbonyl (C=O) groups excluding carboxylic acids is 1. The van der Waals surface area contributed by atoms with Crippen LogP contribution in [0.25, 0.3) is 22.0 Å². The number of amides is 1. The third-order valence-electron chi connectivity index (χ3n) is 8.44. The van der Waals surface area contributed by atoms with Crippen molar-refractivity contribution in [3.05, 3.63) is 47.0 Å². The van der Waals surface area contributed by atoms with Crippen LogP contribution in [0.1, 0.15) is 32.1 Å². The summed E-state index contributed by atoms with van der Waals surface area (Å²) in [6, 6.07) is 6.78. The lowest BCUT2D eigenvalue weighted by molar-refractivity contribution is -0.155. The summed E-state index contributed by atoms with van der Waals surface area (Å²) in [6.45, 7) is 0. The molecule has 35 heavy (non-hydrogen) atoms. The highest BCUT2D eigenvalue weighted by Gasteiger charge is 2.58. The SMILES string of the molecule is Cn1cc(-c2cc(S(C)(=O)=O)ccc2OC23CC4CC(C2)C(C(N)=O)C(C4)C3)c2cc[nH]c2c1=O. The molecule has 2 heterocycles. The van der Waals surface area contributed by atoms with Crippen LogP contribution in [0.4, 0.5) is 0 Å². The highest BCUT2D eigenvalue weighted by atomic mass is 32.2. The Balaban J connectivity index is 1.49. The van der Waals surface area contributed by atoms with Gasteiger partial charge < -0.3 is 20.0 Å². The average molecular weight is 496 g/mol. The lowest BCUT2D eigenvalue weighted by Crippen LogP contribution is -2.59. The average Bonchev–Trinajstić information content (AvgIpc) is 3.25. The molecule has 1 amide bonds. The van der Waals surface area contributed by atoms with Crippen molar-refractivity contribution in [3.8, 4) is 16.9 Å². The molecule has 3 aromatic rings. The van der Waals surface area contributed by atoms with Crippen LogP contribution in [-0.4, -0.2) is 35.7 Å². The normalized spacial score (nSPS) is 29.5. The van der Waals surface area contributed by atoms with E-state index in [0.717, 1.165) is 37.7 Å². The van der Waals surface area contributed by atoms with Crippen molar-refractivity contribution in [3.63, 3.8) is 0 Å². The van der Waals surface area contributed by atoms with Gasteiger partial charge >= 0.3 is 0 Å². The minimum Gasteiger partial charge on any atom is -0.487 e. The molecule has 4 fully saturated rings. The number of aromatic amines is 1. The Bertz CT molecular complexity index is 1520. The minimum absolute atomic E-state index is 0.0847. The summed E-state index contributed by atoms with van der Waals surface area (Å²) in [4.78, 5) is 28.0. The molecule has 3 N–H and O–H groups in total. The first-order valence-corrected chi connectivity index (χ1v) is 13.9. The molecular weight excluding hydrogens is 466 g/mol. The van der Waals surface area contributed by atoms with E-state index >= 15 is 0 Å². The van der Waals surface area contributed by atoms with Crippen molar-refractivity contribution in [2.24, 2.45) is 36.5 Å². The van der Waals surface area contributed by atoms with Gasteiger partial charge in [-0.05, 0) is 74.1 Å². The molecule has 4 aliphatic rings. The van der Waals surface area contributed by atoms with Gasteiger partial charge in [0.05, 0.1) is 4.90 Å². The number of nitrogens with one attached hydrogen (secondary N) is 1. The van der Waals surface area contributed by atoms with Gasteiger partial charge in [-0.1, -0.05) is 0 Å². The number of H-pyrrole nitrogens is 1. The van der Waals surface area contributed by atoms with Crippen molar-refractivity contribution >= 4 is 26.6 Å². The van der Waals surface area contributed by atoms with E-state index < -0.39 is 15.4 Å². The van der Waals surface area contributed by atoms with Crippen LogP contribution in [0.15, 0.2) is 46.3 Å². The largest absolute Gasteiger partial charge is 0.487 e. The third kappa shape index (κ3) is 3.51. The number of aromatic nitrogens is 2. The van der Waals surface area contributed by atoms with Gasteiger partial charge in [0, 0.05) is 48.1 Å². The van der Waals surface area contributed by atoms with Crippen LogP contribution in [0.3, 0.4) is 0 Å². The van der Waals surface area contributed by atoms with E-state index in [4.69, 9.17) is 10.5 Å². The molecule has 2 unspecified atom stereocenters. The van der Waals surface area contributed by atoms with Gasteiger partial charge in [0.15, 0.2) is 9.84 Å². The number of sulfone groups is 1. The first-order chi connectivity index (χ1) is 16.5. The predicted octanol–water partition coefficient (Wildman–Crippen LogP) is 3.00. The van der Waals surface area contributed by atoms with Crippen molar-refractivity contribution in [1.29, 1.82) is 0 Å². The topological polar surface area (TPSA) is 124 Å². The monoisotopic (exact) mass is 495 g/mol. The fourth-order valence-corrected chi connectivity index (χ4v) is 7.94. The highest BCUT2D eigenvalue weighted by Crippen LogP contribution is 2.59. The van der Waals surface area contributed by atoms with E-state index in [-0.39, 0.29) is 34.1 Å². The standard InChI is InChI=1S/C26H29N3O5S/c1-29-13-20(18-5-6-28-23(18)25(29)31)19-9-17(35(2,32)33)3-4-21(19)34-26-10-14-7-15(11-26)22(24(27)30)16(8-14)12-26/h3-6,9,13-16,22,28H,7-8,10-12H2,1-2H3,(H2,27,30). The molecule has 0 radical (unpaired) electrons. The fourth-order valence-electron chi connectivity index (χ4n) is 7.30. The summed E-state index contributed by atoms with van der Waals surface area (Å²) in [5, 5.41) is 0.711. The van der Waals surface area contributed by atoms with Gasteiger partial charge in [0.2, 0.25) is 5.91 Å². The molecule has 4 saturated carbocycles. The van der Waals surface area contributed by atoms with Gasteiger partial charge in [0.25, 0.3) is 5.56 Å². The van der Waals surface area contributed by atoms with Gasteiger partial charge in [-0.2, -0.15) is 0 Å². The van der Waals surface area contributed by atoms with Crippen LogP contribution < -0.4 is 16.0 Å². The molecule has 2 aromatic heterocycles. The van der Waals surface area contributed by atoms with Gasteiger partial charge in [-0.3, -0.25) is 9.59 Å². The smallest absolute Gasteiger partial charge is 0.274 e. The van der Waals surface area contributed by atoms with E-state index in [9.17, 15) is 18.0 Å². The van der Waals surface area contributed by atoms with Crippen LogP contribution in [0.5, 0.6) is 5.75 Å². The summed E-state index contributed by atoms with van der Waals surface area (Å²) in [7, 11) is -1.78. The van der Waals surface area contributed by atoms with E-state index in [0.29, 0.717) is 28.1 Å². The molecule has 8 nitrogen and oxygen atoms in total. The van der Waals surface area contributed by atoms with Gasteiger partial charge in [-0.25, -0.2) is 8.42 Å². The van der Waals surface area contributed by atoms with Crippen LogP contribution in [-0.2, 0) is 21.7 Å². The number of hydrogen-bond acceptors (Lipinski definition) is 5. The zero-order valence-corrected chi connectivity index (χ0v) is 20.6. The quantitative estimate of drug-likeness (QED) is 0.563. The molecule has 7 rings (SSSR count). The predicted molar refractivity (Wildman–Crippen MR) is 132 cm³/mol. The number of rotatable bonds is 5. The van der Waals surface area contributed by atoms with Crippen LogP contribution >= 0.6 is 0 Å². The second kappa shape index (κ2) is 7.46. The van der Waals surface area contributed by atoms with E-state index in [1.165, 1.54) is 10.8 Å². The molecule has 4 bridgehead atoms. The summed E-state index contributed by atoms with van der Waals surface area (Å²) < 4.78 is 33.2. The lowest BCUT2D eigenvalue weighted by atomic mass is 9.50. The highest BCUT2D eigenvalue weighted by molar-refractivity contribution is 7.90. The van der Waals surface area contributed by atoms with E-state index in [1.54, 1.807) is 37.6 Å². The Kier molecular flexibility index (Phi) is 4.78. The Morgan fingerprint density at radius 2 is 1.86 bits per heavy atom. The summed E-state index contributed by atoms with van der Waals surface area (Å²) in [6.07, 6.45) is 9.12. The van der Waals surface area contributed by atoms with Crippen molar-refractivity contribution in [2.45, 2.75) is 42.6 Å². The Morgan fingerprint density at radius 3 is 2.51 bits per heavy atom.